The Kier molecular flexibility index (Phi) is 4.63. The van der Waals surface area contributed by atoms with Crippen LogP contribution in [0, 0.1) is 5.82 Å². The van der Waals surface area contributed by atoms with Gasteiger partial charge in [-0.05, 0) is 36.8 Å². The molecule has 1 saturated heterocycles. The maximum absolute atomic E-state index is 14.3. The first-order chi connectivity index (χ1) is 14.7. The van der Waals surface area contributed by atoms with Gasteiger partial charge in [-0.15, -0.1) is 0 Å². The predicted octanol–water partition coefficient (Wildman–Crippen LogP) is 4.08. The molecule has 7 heteroatoms. The number of fused-ring (bicyclic) bond motifs is 1. The van der Waals surface area contributed by atoms with Crippen molar-refractivity contribution in [1.82, 2.24) is 14.5 Å². The van der Waals surface area contributed by atoms with Gasteiger partial charge >= 0.3 is 0 Å². The number of halogens is 1. The minimum atomic E-state index is -0.305. The third-order valence-corrected chi connectivity index (χ3v) is 5.41. The Labute approximate surface area is 173 Å². The van der Waals surface area contributed by atoms with Crippen molar-refractivity contribution in [2.75, 3.05) is 23.3 Å². The summed E-state index contributed by atoms with van der Waals surface area (Å²) in [7, 11) is 0. The summed E-state index contributed by atoms with van der Waals surface area (Å²) in [4.78, 5) is 23.9. The number of pyridine rings is 2. The van der Waals surface area contributed by atoms with Crippen LogP contribution >= 0.6 is 0 Å². The van der Waals surface area contributed by atoms with Crippen LogP contribution in [0.15, 0.2) is 67.1 Å². The molecule has 1 amide bonds. The van der Waals surface area contributed by atoms with Crippen molar-refractivity contribution in [3.8, 4) is 0 Å². The molecule has 1 aliphatic rings. The first kappa shape index (κ1) is 18.3. The van der Waals surface area contributed by atoms with Gasteiger partial charge in [-0.25, -0.2) is 9.37 Å². The number of aromatic nitrogens is 3. The zero-order valence-corrected chi connectivity index (χ0v) is 16.3. The number of hydrogen-bond donors (Lipinski definition) is 1. The molecule has 3 aromatic heterocycles. The molecule has 1 aromatic carbocycles. The first-order valence-corrected chi connectivity index (χ1v) is 9.88. The minimum Gasteiger partial charge on any atom is -0.356 e. The van der Waals surface area contributed by atoms with E-state index in [-0.39, 0.29) is 18.3 Å². The number of carbonyl (C=O) groups excluding carboxylic acids is 1. The summed E-state index contributed by atoms with van der Waals surface area (Å²) in [5.41, 5.74) is 2.34. The third-order valence-electron chi connectivity index (χ3n) is 5.41. The lowest BCUT2D eigenvalue weighted by molar-refractivity contribution is 0.101. The largest absolute Gasteiger partial charge is 0.356 e. The summed E-state index contributed by atoms with van der Waals surface area (Å²) in [5, 5.41) is 3.78. The lowest BCUT2D eigenvalue weighted by atomic mass is 10.2. The number of rotatable bonds is 5. The molecule has 4 aromatic rings. The van der Waals surface area contributed by atoms with Crippen LogP contribution in [0.3, 0.4) is 0 Å². The van der Waals surface area contributed by atoms with Gasteiger partial charge in [-0.3, -0.25) is 9.78 Å². The molecule has 1 N–H and O–H groups in total. The Morgan fingerprint density at radius 2 is 1.97 bits per heavy atom. The molecule has 0 bridgehead atoms. The summed E-state index contributed by atoms with van der Waals surface area (Å²) >= 11 is 0. The predicted molar refractivity (Wildman–Crippen MR) is 114 cm³/mol. The van der Waals surface area contributed by atoms with Gasteiger partial charge in [0.25, 0.3) is 5.91 Å². The first-order valence-electron chi connectivity index (χ1n) is 9.88. The average Bonchev–Trinajstić information content (AvgIpc) is 3.09. The van der Waals surface area contributed by atoms with Crippen LogP contribution in [-0.2, 0) is 6.54 Å². The fourth-order valence-electron chi connectivity index (χ4n) is 3.64. The van der Waals surface area contributed by atoms with Crippen LogP contribution in [0.25, 0.3) is 10.9 Å². The standard InChI is InChI=1S/C23H20FN5O/c24-19-5-2-1-4-17(19)15-29-20(12-16-8-9-25-14-21(16)29)23(30)27-18-6-7-22(26-13-18)28-10-3-11-28/h1-2,4-9,12-14H,3,10-11,15H2,(H,27,30). The number of nitrogens with zero attached hydrogens (tertiary/aromatic N) is 4. The Balaban J connectivity index is 1.45. The average molecular weight is 401 g/mol. The second-order valence-electron chi connectivity index (χ2n) is 7.34. The molecule has 0 unspecified atom stereocenters. The second-order valence-corrected chi connectivity index (χ2v) is 7.34. The molecule has 0 radical (unpaired) electrons. The molecular weight excluding hydrogens is 381 g/mol. The van der Waals surface area contributed by atoms with Crippen molar-refractivity contribution in [2.45, 2.75) is 13.0 Å². The molecule has 0 saturated carbocycles. The lowest BCUT2D eigenvalue weighted by Crippen LogP contribution is -2.37. The molecule has 0 spiro atoms. The van der Waals surface area contributed by atoms with E-state index in [0.717, 1.165) is 29.8 Å². The highest BCUT2D eigenvalue weighted by atomic mass is 19.1. The number of benzene rings is 1. The maximum Gasteiger partial charge on any atom is 0.272 e. The monoisotopic (exact) mass is 401 g/mol. The van der Waals surface area contributed by atoms with Crippen molar-refractivity contribution < 1.29 is 9.18 Å². The van der Waals surface area contributed by atoms with E-state index in [1.807, 2.05) is 18.2 Å². The summed E-state index contributed by atoms with van der Waals surface area (Å²) in [5.74, 6) is 0.334. The van der Waals surface area contributed by atoms with E-state index in [2.05, 4.69) is 20.2 Å². The van der Waals surface area contributed by atoms with Crippen molar-refractivity contribution in [1.29, 1.82) is 0 Å². The van der Waals surface area contributed by atoms with E-state index < -0.39 is 0 Å². The van der Waals surface area contributed by atoms with Gasteiger partial charge in [0.1, 0.15) is 17.3 Å². The lowest BCUT2D eigenvalue weighted by Gasteiger charge is -2.31. The molecular formula is C23H20FN5O. The number of hydrogen-bond acceptors (Lipinski definition) is 4. The van der Waals surface area contributed by atoms with Gasteiger partial charge in [0.2, 0.25) is 0 Å². The third kappa shape index (κ3) is 3.39. The van der Waals surface area contributed by atoms with Crippen LogP contribution in [0.5, 0.6) is 0 Å². The summed E-state index contributed by atoms with van der Waals surface area (Å²) in [6, 6.07) is 14.0. The van der Waals surface area contributed by atoms with Crippen molar-refractivity contribution in [3.63, 3.8) is 0 Å². The van der Waals surface area contributed by atoms with E-state index in [1.165, 1.54) is 12.5 Å². The van der Waals surface area contributed by atoms with E-state index in [9.17, 15) is 9.18 Å². The molecule has 4 heterocycles. The Morgan fingerprint density at radius 1 is 1.10 bits per heavy atom. The van der Waals surface area contributed by atoms with Crippen LogP contribution < -0.4 is 10.2 Å². The van der Waals surface area contributed by atoms with Crippen molar-refractivity contribution >= 4 is 28.3 Å². The smallest absolute Gasteiger partial charge is 0.272 e. The number of carbonyl (C=O) groups is 1. The fourth-order valence-corrected chi connectivity index (χ4v) is 3.64. The molecule has 30 heavy (non-hydrogen) atoms. The second kappa shape index (κ2) is 7.59. The number of nitrogens with one attached hydrogen (secondary N) is 1. The quantitative estimate of drug-likeness (QED) is 0.547. The maximum atomic E-state index is 14.3. The van der Waals surface area contributed by atoms with Crippen LogP contribution in [0.2, 0.25) is 0 Å². The van der Waals surface area contributed by atoms with Crippen LogP contribution in [-0.4, -0.2) is 33.5 Å². The van der Waals surface area contributed by atoms with Gasteiger partial charge in [0.05, 0.1) is 30.1 Å². The summed E-state index contributed by atoms with van der Waals surface area (Å²) < 4.78 is 16.0. The van der Waals surface area contributed by atoms with Crippen LogP contribution in [0.1, 0.15) is 22.5 Å². The number of anilines is 2. The van der Waals surface area contributed by atoms with Crippen LogP contribution in [0.4, 0.5) is 15.9 Å². The van der Waals surface area contributed by atoms with Crippen molar-refractivity contribution in [3.05, 3.63) is 84.2 Å². The van der Waals surface area contributed by atoms with E-state index in [4.69, 9.17) is 0 Å². The molecule has 1 fully saturated rings. The van der Waals surface area contributed by atoms with Gasteiger partial charge in [-0.1, -0.05) is 18.2 Å². The topological polar surface area (TPSA) is 63.1 Å². The zero-order valence-electron chi connectivity index (χ0n) is 16.3. The summed E-state index contributed by atoms with van der Waals surface area (Å²) in [6.07, 6.45) is 6.21. The van der Waals surface area contributed by atoms with E-state index >= 15 is 0 Å². The Hall–Kier alpha value is -3.74. The molecule has 0 atom stereocenters. The highest BCUT2D eigenvalue weighted by Gasteiger charge is 2.18. The molecule has 5 rings (SSSR count). The normalized spacial score (nSPS) is 13.3. The molecule has 0 aliphatic carbocycles. The highest BCUT2D eigenvalue weighted by Crippen LogP contribution is 2.23. The Morgan fingerprint density at radius 3 is 2.70 bits per heavy atom. The minimum absolute atomic E-state index is 0.233. The Bertz CT molecular complexity index is 1210. The van der Waals surface area contributed by atoms with Crippen molar-refractivity contribution in [2.24, 2.45) is 0 Å². The summed E-state index contributed by atoms with van der Waals surface area (Å²) in [6.45, 7) is 2.27. The molecule has 6 nitrogen and oxygen atoms in total. The molecule has 150 valence electrons. The van der Waals surface area contributed by atoms with Gasteiger partial charge < -0.3 is 14.8 Å². The molecule has 1 aliphatic heterocycles. The van der Waals surface area contributed by atoms with Gasteiger partial charge in [0, 0.05) is 30.2 Å². The van der Waals surface area contributed by atoms with Gasteiger partial charge in [-0.2, -0.15) is 0 Å². The zero-order chi connectivity index (χ0) is 20.5. The fraction of sp³-hybridized carbons (Fsp3) is 0.174. The SMILES string of the molecule is O=C(Nc1ccc(N2CCC2)nc1)c1cc2ccncc2n1Cc1ccccc1F. The van der Waals surface area contributed by atoms with E-state index in [0.29, 0.717) is 16.9 Å². The number of amides is 1. The van der Waals surface area contributed by atoms with Gasteiger partial charge in [0.15, 0.2) is 0 Å². The highest BCUT2D eigenvalue weighted by molar-refractivity contribution is 6.06. The van der Waals surface area contributed by atoms with E-state index in [1.54, 1.807) is 47.4 Å².